The van der Waals surface area contributed by atoms with Crippen molar-refractivity contribution in [2.24, 2.45) is 0 Å². The summed E-state index contributed by atoms with van der Waals surface area (Å²) >= 11 is 6.17. The standard InChI is InChI=1S/C14H18ClNO/c1-10-6-7-11(9-12(10)15)14(16-2)13-5-3-4-8-17-13/h5-7,9,14,16H,3-4,8H2,1-2H3. The summed E-state index contributed by atoms with van der Waals surface area (Å²) in [6.45, 7) is 2.82. The van der Waals surface area contributed by atoms with Crippen molar-refractivity contribution in [3.8, 4) is 0 Å². The first-order chi connectivity index (χ1) is 8.22. The lowest BCUT2D eigenvalue weighted by Gasteiger charge is -2.24. The molecule has 0 fully saturated rings. The predicted molar refractivity (Wildman–Crippen MR) is 71.3 cm³/mol. The lowest BCUT2D eigenvalue weighted by atomic mass is 10.0. The van der Waals surface area contributed by atoms with E-state index in [2.05, 4.69) is 17.5 Å². The van der Waals surface area contributed by atoms with Crippen molar-refractivity contribution in [3.05, 3.63) is 46.2 Å². The van der Waals surface area contributed by atoms with Crippen LogP contribution in [0.4, 0.5) is 0 Å². The first-order valence-corrected chi connectivity index (χ1v) is 6.36. The van der Waals surface area contributed by atoms with Crippen LogP contribution in [0, 0.1) is 6.92 Å². The van der Waals surface area contributed by atoms with Crippen molar-refractivity contribution >= 4 is 11.6 Å². The van der Waals surface area contributed by atoms with Crippen molar-refractivity contribution in [3.63, 3.8) is 0 Å². The van der Waals surface area contributed by atoms with Crippen molar-refractivity contribution < 1.29 is 4.74 Å². The molecule has 1 unspecified atom stereocenters. The molecule has 17 heavy (non-hydrogen) atoms. The number of ether oxygens (including phenoxy) is 1. The Morgan fingerprint density at radius 2 is 2.24 bits per heavy atom. The van der Waals surface area contributed by atoms with Gasteiger partial charge in [-0.3, -0.25) is 0 Å². The average molecular weight is 252 g/mol. The van der Waals surface area contributed by atoms with E-state index in [0.29, 0.717) is 0 Å². The van der Waals surface area contributed by atoms with E-state index < -0.39 is 0 Å². The molecule has 0 amide bonds. The molecule has 1 aliphatic heterocycles. The highest BCUT2D eigenvalue weighted by Gasteiger charge is 2.18. The van der Waals surface area contributed by atoms with Gasteiger partial charge in [-0.15, -0.1) is 0 Å². The molecule has 1 aromatic carbocycles. The first-order valence-electron chi connectivity index (χ1n) is 5.98. The van der Waals surface area contributed by atoms with Crippen molar-refractivity contribution in [2.75, 3.05) is 13.7 Å². The van der Waals surface area contributed by atoms with Gasteiger partial charge in [0.15, 0.2) is 0 Å². The number of hydrogen-bond donors (Lipinski definition) is 1. The molecule has 1 atom stereocenters. The Hall–Kier alpha value is -0.990. The average Bonchev–Trinajstić information content (AvgIpc) is 2.36. The molecule has 3 heteroatoms. The number of rotatable bonds is 3. The first kappa shape index (κ1) is 12.5. The summed E-state index contributed by atoms with van der Waals surface area (Å²) in [5.41, 5.74) is 2.25. The van der Waals surface area contributed by atoms with Gasteiger partial charge in [-0.1, -0.05) is 23.7 Å². The number of likely N-dealkylation sites (N-methyl/N-ethyl adjacent to an activating group) is 1. The summed E-state index contributed by atoms with van der Waals surface area (Å²) in [5, 5.41) is 4.09. The second-order valence-corrected chi connectivity index (χ2v) is 4.73. The number of halogens is 1. The largest absolute Gasteiger partial charge is 0.496 e. The van der Waals surface area contributed by atoms with E-state index in [1.165, 1.54) is 0 Å². The monoisotopic (exact) mass is 251 g/mol. The molecule has 0 radical (unpaired) electrons. The molecule has 1 N–H and O–H groups in total. The zero-order chi connectivity index (χ0) is 12.3. The minimum Gasteiger partial charge on any atom is -0.496 e. The summed E-state index contributed by atoms with van der Waals surface area (Å²) in [6, 6.07) is 6.26. The Labute approximate surface area is 108 Å². The van der Waals surface area contributed by atoms with Gasteiger partial charge in [-0.2, -0.15) is 0 Å². The number of allylic oxidation sites excluding steroid dienone is 1. The normalized spacial score (nSPS) is 17.2. The number of nitrogens with one attached hydrogen (secondary N) is 1. The van der Waals surface area contributed by atoms with Crippen molar-refractivity contribution in [2.45, 2.75) is 25.8 Å². The molecular weight excluding hydrogens is 234 g/mol. The molecule has 0 saturated heterocycles. The third kappa shape index (κ3) is 2.82. The van der Waals surface area contributed by atoms with Crippen LogP contribution in [0.25, 0.3) is 0 Å². The third-order valence-corrected chi connectivity index (χ3v) is 3.47. The SMILES string of the molecule is CNC(C1=CCCCO1)c1ccc(C)c(Cl)c1. The molecule has 2 rings (SSSR count). The second-order valence-electron chi connectivity index (χ2n) is 4.33. The van der Waals surface area contributed by atoms with Crippen LogP contribution in [0.1, 0.15) is 30.0 Å². The third-order valence-electron chi connectivity index (χ3n) is 3.07. The van der Waals surface area contributed by atoms with Gasteiger partial charge in [0.05, 0.1) is 12.6 Å². The predicted octanol–water partition coefficient (Wildman–Crippen LogP) is 3.60. The van der Waals surface area contributed by atoms with Crippen LogP contribution in [-0.4, -0.2) is 13.7 Å². The zero-order valence-electron chi connectivity index (χ0n) is 10.3. The quantitative estimate of drug-likeness (QED) is 0.886. The molecule has 2 nitrogen and oxygen atoms in total. The Kier molecular flexibility index (Phi) is 4.08. The molecule has 0 saturated carbocycles. The zero-order valence-corrected chi connectivity index (χ0v) is 11.1. The minimum atomic E-state index is 0.105. The van der Waals surface area contributed by atoms with Gasteiger partial charge in [0, 0.05) is 5.02 Å². The van der Waals surface area contributed by atoms with Gasteiger partial charge in [0.25, 0.3) is 0 Å². The van der Waals surface area contributed by atoms with Gasteiger partial charge >= 0.3 is 0 Å². The Balaban J connectivity index is 2.28. The van der Waals surface area contributed by atoms with Gasteiger partial charge in [-0.25, -0.2) is 0 Å². The van der Waals surface area contributed by atoms with Crippen LogP contribution in [0.15, 0.2) is 30.0 Å². The molecule has 0 aliphatic carbocycles. The fraction of sp³-hybridized carbons (Fsp3) is 0.429. The van der Waals surface area contributed by atoms with Gasteiger partial charge in [0.2, 0.25) is 0 Å². The summed E-state index contributed by atoms with van der Waals surface area (Å²) in [4.78, 5) is 0. The van der Waals surface area contributed by atoms with Crippen LogP contribution < -0.4 is 5.32 Å². The van der Waals surface area contributed by atoms with E-state index in [0.717, 1.165) is 41.4 Å². The van der Waals surface area contributed by atoms with Crippen LogP contribution in [0.3, 0.4) is 0 Å². The number of hydrogen-bond acceptors (Lipinski definition) is 2. The Morgan fingerprint density at radius 3 is 2.82 bits per heavy atom. The van der Waals surface area contributed by atoms with E-state index in [9.17, 15) is 0 Å². The highest BCUT2D eigenvalue weighted by molar-refractivity contribution is 6.31. The summed E-state index contributed by atoms with van der Waals surface area (Å²) in [6.07, 6.45) is 4.36. The van der Waals surface area contributed by atoms with Crippen LogP contribution in [0.2, 0.25) is 5.02 Å². The lowest BCUT2D eigenvalue weighted by Crippen LogP contribution is -2.22. The Bertz CT molecular complexity index is 428. The van der Waals surface area contributed by atoms with Crippen molar-refractivity contribution in [1.29, 1.82) is 0 Å². The van der Waals surface area contributed by atoms with E-state index in [4.69, 9.17) is 16.3 Å². The maximum atomic E-state index is 6.17. The molecule has 0 bridgehead atoms. The highest BCUT2D eigenvalue weighted by Crippen LogP contribution is 2.28. The molecule has 1 heterocycles. The van der Waals surface area contributed by atoms with Crippen LogP contribution >= 0.6 is 11.6 Å². The fourth-order valence-corrected chi connectivity index (χ4v) is 2.23. The molecule has 0 aromatic heterocycles. The highest BCUT2D eigenvalue weighted by atomic mass is 35.5. The smallest absolute Gasteiger partial charge is 0.113 e. The van der Waals surface area contributed by atoms with Gasteiger partial charge < -0.3 is 10.1 Å². The van der Waals surface area contributed by atoms with Gasteiger partial charge in [0.1, 0.15) is 5.76 Å². The molecular formula is C14H18ClNO. The molecule has 1 aliphatic rings. The lowest BCUT2D eigenvalue weighted by molar-refractivity contribution is 0.169. The maximum Gasteiger partial charge on any atom is 0.113 e. The van der Waals surface area contributed by atoms with E-state index in [1.807, 2.05) is 26.1 Å². The van der Waals surface area contributed by atoms with E-state index in [1.54, 1.807) is 0 Å². The van der Waals surface area contributed by atoms with E-state index in [-0.39, 0.29) is 6.04 Å². The minimum absolute atomic E-state index is 0.105. The fourth-order valence-electron chi connectivity index (χ4n) is 2.04. The maximum absolute atomic E-state index is 6.17. The molecule has 1 aromatic rings. The second kappa shape index (κ2) is 5.56. The molecule has 0 spiro atoms. The summed E-state index contributed by atoms with van der Waals surface area (Å²) < 4.78 is 5.71. The topological polar surface area (TPSA) is 21.3 Å². The van der Waals surface area contributed by atoms with Crippen LogP contribution in [0.5, 0.6) is 0 Å². The van der Waals surface area contributed by atoms with Crippen molar-refractivity contribution in [1.82, 2.24) is 5.32 Å². The number of benzene rings is 1. The molecule has 92 valence electrons. The van der Waals surface area contributed by atoms with Crippen LogP contribution in [-0.2, 0) is 4.74 Å². The Morgan fingerprint density at radius 1 is 1.41 bits per heavy atom. The van der Waals surface area contributed by atoms with Gasteiger partial charge in [-0.05, 0) is 50.1 Å². The number of aryl methyl sites for hydroxylation is 1. The summed E-state index contributed by atoms with van der Waals surface area (Å²) in [7, 11) is 1.94. The van der Waals surface area contributed by atoms with E-state index >= 15 is 0 Å². The summed E-state index contributed by atoms with van der Waals surface area (Å²) in [5.74, 6) is 1.01.